The van der Waals surface area contributed by atoms with E-state index in [0.29, 0.717) is 6.61 Å². The van der Waals surface area contributed by atoms with Crippen molar-refractivity contribution in [2.24, 2.45) is 5.41 Å². The summed E-state index contributed by atoms with van der Waals surface area (Å²) in [6.07, 6.45) is 3.90. The van der Waals surface area contributed by atoms with Crippen LogP contribution in [0.2, 0.25) is 0 Å². The zero-order valence-electron chi connectivity index (χ0n) is 14.7. The van der Waals surface area contributed by atoms with Crippen LogP contribution in [0.4, 0.5) is 0 Å². The van der Waals surface area contributed by atoms with Crippen molar-refractivity contribution in [3.8, 4) is 0 Å². The third-order valence-corrected chi connectivity index (χ3v) is 5.30. The van der Waals surface area contributed by atoms with E-state index >= 15 is 0 Å². The molecule has 0 amide bonds. The molecule has 1 aromatic rings. The van der Waals surface area contributed by atoms with Crippen LogP contribution in [0.3, 0.4) is 0 Å². The van der Waals surface area contributed by atoms with Crippen LogP contribution in [-0.4, -0.2) is 66.9 Å². The molecule has 0 spiro atoms. The van der Waals surface area contributed by atoms with Gasteiger partial charge in [-0.2, -0.15) is 5.10 Å². The molecule has 0 atom stereocenters. The molecule has 0 aliphatic carbocycles. The Hall–Kier alpha value is -0.885. The second-order valence-electron chi connectivity index (χ2n) is 7.65. The summed E-state index contributed by atoms with van der Waals surface area (Å²) < 4.78 is 19.5. The van der Waals surface area contributed by atoms with E-state index in [-0.39, 0.29) is 18.1 Å². The average molecular weight is 321 g/mol. The largest absolute Gasteiger partial charge is 0.497 e. The van der Waals surface area contributed by atoms with Gasteiger partial charge < -0.3 is 14.0 Å². The van der Waals surface area contributed by atoms with E-state index in [1.165, 1.54) is 0 Å². The van der Waals surface area contributed by atoms with Gasteiger partial charge in [-0.05, 0) is 13.8 Å². The first-order valence-corrected chi connectivity index (χ1v) is 8.49. The minimum Gasteiger partial charge on any atom is -0.407 e. The van der Waals surface area contributed by atoms with Crippen molar-refractivity contribution in [3.05, 3.63) is 12.4 Å². The smallest absolute Gasteiger partial charge is 0.407 e. The van der Waals surface area contributed by atoms with Gasteiger partial charge in [0.25, 0.3) is 0 Å². The number of morpholine rings is 1. The highest BCUT2D eigenvalue weighted by atomic mass is 16.6. The minimum atomic E-state index is -0.324. The Morgan fingerprint density at radius 1 is 1.17 bits per heavy atom. The van der Waals surface area contributed by atoms with Gasteiger partial charge in [-0.3, -0.25) is 9.58 Å². The summed E-state index contributed by atoms with van der Waals surface area (Å²) in [6, 6.07) is 0. The molecule has 128 valence electrons. The second-order valence-corrected chi connectivity index (χ2v) is 7.65. The molecule has 23 heavy (non-hydrogen) atoms. The van der Waals surface area contributed by atoms with Crippen LogP contribution in [-0.2, 0) is 20.6 Å². The Morgan fingerprint density at radius 3 is 2.61 bits per heavy atom. The third-order valence-electron chi connectivity index (χ3n) is 5.30. The van der Waals surface area contributed by atoms with Crippen molar-refractivity contribution in [1.29, 1.82) is 0 Å². The summed E-state index contributed by atoms with van der Waals surface area (Å²) in [5.74, 6) is 0. The fourth-order valence-electron chi connectivity index (χ4n) is 2.78. The maximum Gasteiger partial charge on any atom is 0.497 e. The quantitative estimate of drug-likeness (QED) is 0.767. The predicted molar refractivity (Wildman–Crippen MR) is 89.8 cm³/mol. The summed E-state index contributed by atoms with van der Waals surface area (Å²) in [5.41, 5.74) is 0.761. The molecule has 0 aromatic carbocycles. The zero-order chi connectivity index (χ0) is 16.5. The van der Waals surface area contributed by atoms with E-state index in [4.69, 9.17) is 14.0 Å². The van der Waals surface area contributed by atoms with Crippen LogP contribution in [0.1, 0.15) is 27.7 Å². The molecule has 2 fully saturated rings. The van der Waals surface area contributed by atoms with E-state index in [1.807, 2.05) is 17.1 Å². The first-order valence-electron chi connectivity index (χ1n) is 8.49. The summed E-state index contributed by atoms with van der Waals surface area (Å²) in [6.45, 7) is 14.8. The minimum absolute atomic E-state index is 0.00414. The van der Waals surface area contributed by atoms with Crippen molar-refractivity contribution in [2.75, 3.05) is 39.5 Å². The van der Waals surface area contributed by atoms with E-state index in [0.717, 1.165) is 44.9 Å². The van der Waals surface area contributed by atoms with Crippen LogP contribution >= 0.6 is 0 Å². The van der Waals surface area contributed by atoms with Gasteiger partial charge in [0.15, 0.2) is 0 Å². The molecule has 7 heteroatoms. The number of hydrogen-bond acceptors (Lipinski definition) is 5. The topological polar surface area (TPSA) is 48.8 Å². The highest BCUT2D eigenvalue weighted by Gasteiger charge is 2.47. The molecule has 2 saturated heterocycles. The van der Waals surface area contributed by atoms with Gasteiger partial charge in [-0.1, -0.05) is 13.8 Å². The standard InChI is InChI=1S/C16H28BN3O3/c1-15(2)13-22-17(23-16(15,3)4)14-11-18-20(12-14)6-5-19-7-9-21-10-8-19/h11-12H,5-10,13H2,1-4H3. The van der Waals surface area contributed by atoms with E-state index in [1.54, 1.807) is 0 Å². The van der Waals surface area contributed by atoms with Crippen LogP contribution in [0.15, 0.2) is 12.4 Å². The van der Waals surface area contributed by atoms with Crippen LogP contribution in [0, 0.1) is 5.41 Å². The number of nitrogens with zero attached hydrogens (tertiary/aromatic N) is 3. The molecule has 2 aliphatic rings. The highest BCUT2D eigenvalue weighted by Crippen LogP contribution is 2.37. The molecule has 0 radical (unpaired) electrons. The fraction of sp³-hybridized carbons (Fsp3) is 0.812. The summed E-state index contributed by atoms with van der Waals surface area (Å²) in [7, 11) is -0.324. The molecule has 6 nitrogen and oxygen atoms in total. The summed E-state index contributed by atoms with van der Waals surface area (Å²) in [4.78, 5) is 2.41. The third kappa shape index (κ3) is 3.79. The lowest BCUT2D eigenvalue weighted by Crippen LogP contribution is -2.58. The van der Waals surface area contributed by atoms with Crippen molar-refractivity contribution in [3.63, 3.8) is 0 Å². The Morgan fingerprint density at radius 2 is 1.91 bits per heavy atom. The van der Waals surface area contributed by atoms with Crippen molar-refractivity contribution >= 4 is 12.6 Å². The van der Waals surface area contributed by atoms with Gasteiger partial charge in [-0.25, -0.2) is 0 Å². The van der Waals surface area contributed by atoms with Crippen LogP contribution < -0.4 is 5.46 Å². The number of rotatable bonds is 4. The Kier molecular flexibility index (Phi) is 4.83. The van der Waals surface area contributed by atoms with Crippen molar-refractivity contribution in [1.82, 2.24) is 14.7 Å². The first kappa shape index (κ1) is 17.0. The molecule has 1 aromatic heterocycles. The van der Waals surface area contributed by atoms with E-state index in [9.17, 15) is 0 Å². The molecular weight excluding hydrogens is 293 g/mol. The van der Waals surface area contributed by atoms with E-state index in [2.05, 4.69) is 37.7 Å². The average Bonchev–Trinajstić information content (AvgIpc) is 2.98. The van der Waals surface area contributed by atoms with Gasteiger partial charge in [0.05, 0.1) is 25.4 Å². The lowest BCUT2D eigenvalue weighted by Gasteiger charge is -2.47. The maximum atomic E-state index is 6.18. The lowest BCUT2D eigenvalue weighted by atomic mass is 9.70. The normalized spacial score (nSPS) is 24.8. The van der Waals surface area contributed by atoms with Crippen LogP contribution in [0.5, 0.6) is 0 Å². The molecule has 3 rings (SSSR count). The van der Waals surface area contributed by atoms with Crippen molar-refractivity contribution in [2.45, 2.75) is 39.8 Å². The van der Waals surface area contributed by atoms with Gasteiger partial charge >= 0.3 is 7.12 Å². The maximum absolute atomic E-state index is 6.18. The zero-order valence-corrected chi connectivity index (χ0v) is 14.7. The lowest BCUT2D eigenvalue weighted by molar-refractivity contribution is -0.0937. The SMILES string of the molecule is CC1(C)COB(c2cnn(CCN3CCOCC3)c2)OC1(C)C. The van der Waals surface area contributed by atoms with Crippen molar-refractivity contribution < 1.29 is 14.0 Å². The highest BCUT2D eigenvalue weighted by molar-refractivity contribution is 6.61. The Labute approximate surface area is 139 Å². The summed E-state index contributed by atoms with van der Waals surface area (Å²) >= 11 is 0. The second kappa shape index (κ2) is 6.55. The first-order chi connectivity index (χ1) is 10.9. The Balaban J connectivity index is 1.56. The molecule has 2 aliphatic heterocycles. The number of hydrogen-bond donors (Lipinski definition) is 0. The molecule has 0 N–H and O–H groups in total. The van der Waals surface area contributed by atoms with Gasteiger partial charge in [0.1, 0.15) is 0 Å². The summed E-state index contributed by atoms with van der Waals surface area (Å²) in [5, 5.41) is 4.46. The predicted octanol–water partition coefficient (Wildman–Crippen LogP) is 0.762. The molecule has 0 unspecified atom stereocenters. The molecule has 3 heterocycles. The molecular formula is C16H28BN3O3. The van der Waals surface area contributed by atoms with E-state index < -0.39 is 0 Å². The van der Waals surface area contributed by atoms with Gasteiger partial charge in [0.2, 0.25) is 0 Å². The number of ether oxygens (including phenoxy) is 1. The molecule has 0 bridgehead atoms. The van der Waals surface area contributed by atoms with Gasteiger partial charge in [-0.15, -0.1) is 0 Å². The fourth-order valence-corrected chi connectivity index (χ4v) is 2.78. The van der Waals surface area contributed by atoms with Crippen LogP contribution in [0.25, 0.3) is 0 Å². The van der Waals surface area contributed by atoms with Gasteiger partial charge in [0, 0.05) is 49.5 Å². The number of aromatic nitrogens is 2. The molecule has 0 saturated carbocycles. The Bertz CT molecular complexity index is 526. The monoisotopic (exact) mass is 321 g/mol.